The van der Waals surface area contributed by atoms with Crippen LogP contribution in [0.4, 0.5) is 13.2 Å². The third kappa shape index (κ3) is 3.45. The molecule has 0 saturated carbocycles. The van der Waals surface area contributed by atoms with Crippen LogP contribution < -0.4 is 5.73 Å². The minimum Gasteiger partial charge on any atom is -0.383 e. The molecule has 2 heterocycles. The lowest BCUT2D eigenvalue weighted by atomic mass is 10.0. The number of benzene rings is 1. The Kier molecular flexibility index (Phi) is 5.03. The van der Waals surface area contributed by atoms with Gasteiger partial charge in [-0.2, -0.15) is 0 Å². The highest BCUT2D eigenvalue weighted by molar-refractivity contribution is 7.97. The molecule has 0 bridgehead atoms. The van der Waals surface area contributed by atoms with Gasteiger partial charge < -0.3 is 10.7 Å². The lowest BCUT2D eigenvalue weighted by molar-refractivity contribution is -0.0174. The predicted molar refractivity (Wildman–Crippen MR) is 99.7 cm³/mol. The summed E-state index contributed by atoms with van der Waals surface area (Å²) in [6.45, 7) is 3.20. The van der Waals surface area contributed by atoms with E-state index >= 15 is 0 Å². The Balaban J connectivity index is 1.99. The van der Waals surface area contributed by atoms with E-state index < -0.39 is 17.7 Å². The number of aliphatic imine (C=N–C) groups is 2. The van der Waals surface area contributed by atoms with Crippen LogP contribution in [0.25, 0.3) is 10.9 Å². The molecule has 2 aromatic rings. The molecule has 0 radical (unpaired) electrons. The third-order valence-corrected chi connectivity index (χ3v) is 5.37. The number of amidine groups is 1. The van der Waals surface area contributed by atoms with Crippen molar-refractivity contribution in [2.24, 2.45) is 21.6 Å². The molecule has 140 valence electrons. The Morgan fingerprint density at radius 3 is 2.81 bits per heavy atom. The number of nitrogens with two attached hydrogens (primary N) is 1. The lowest BCUT2D eigenvalue weighted by Gasteiger charge is -2.12. The van der Waals surface area contributed by atoms with Crippen LogP contribution >= 0.6 is 11.9 Å². The molecule has 1 saturated heterocycles. The molecule has 3 N–H and O–H groups in total. The van der Waals surface area contributed by atoms with Crippen molar-refractivity contribution in [1.29, 1.82) is 0 Å². The summed E-state index contributed by atoms with van der Waals surface area (Å²) in [5.41, 5.74) is 7.55. The highest BCUT2D eigenvalue weighted by Crippen LogP contribution is 2.39. The predicted octanol–water partition coefficient (Wildman–Crippen LogP) is 3.57. The summed E-state index contributed by atoms with van der Waals surface area (Å²) in [4.78, 5) is 10.8. The van der Waals surface area contributed by atoms with Crippen LogP contribution in [0.3, 0.4) is 0 Å². The van der Waals surface area contributed by atoms with Crippen LogP contribution in [0.1, 0.15) is 18.1 Å². The van der Waals surface area contributed by atoms with Gasteiger partial charge in [0.15, 0.2) is 0 Å². The molecule has 9 heteroatoms. The Morgan fingerprint density at radius 2 is 2.19 bits per heavy atom. The molecule has 0 amide bonds. The van der Waals surface area contributed by atoms with Crippen molar-refractivity contribution in [1.82, 2.24) is 9.29 Å². The average molecular weight is 383 g/mol. The van der Waals surface area contributed by atoms with Gasteiger partial charge in [-0.1, -0.05) is 6.92 Å². The zero-order valence-electron chi connectivity index (χ0n) is 14.7. The van der Waals surface area contributed by atoms with Crippen LogP contribution in [0.15, 0.2) is 27.1 Å². The van der Waals surface area contributed by atoms with Gasteiger partial charge in [-0.3, -0.25) is 4.99 Å². The number of aryl methyl sites for hydroxylation is 1. The highest BCUT2D eigenvalue weighted by atomic mass is 32.2. The van der Waals surface area contributed by atoms with Crippen molar-refractivity contribution in [3.8, 4) is 0 Å². The lowest BCUT2D eigenvalue weighted by Crippen LogP contribution is -2.24. The molecular formula is C17H20F3N5S. The van der Waals surface area contributed by atoms with Crippen LogP contribution in [0.5, 0.6) is 0 Å². The zero-order chi connectivity index (χ0) is 19.1. The monoisotopic (exact) mass is 383 g/mol. The van der Waals surface area contributed by atoms with E-state index in [1.54, 1.807) is 24.3 Å². The summed E-state index contributed by atoms with van der Waals surface area (Å²) in [5.74, 6) is -3.65. The number of nitrogens with one attached hydrogen (secondary N) is 1. The summed E-state index contributed by atoms with van der Waals surface area (Å²) in [6.07, 6.45) is 1.32. The largest absolute Gasteiger partial charge is 0.383 e. The van der Waals surface area contributed by atoms with E-state index in [-0.39, 0.29) is 24.4 Å². The van der Waals surface area contributed by atoms with Crippen LogP contribution in [-0.2, 0) is 0 Å². The smallest absolute Gasteiger partial charge is 0.265 e. The van der Waals surface area contributed by atoms with E-state index in [1.807, 2.05) is 0 Å². The number of aromatic amines is 1. The first-order valence-electron chi connectivity index (χ1n) is 8.09. The SMILES string of the molecule is CN=CN=C(N)c1c(C)cc(F)c2[nH]c(SN3CC(C)C(F)(F)C3)cc12. The maximum Gasteiger partial charge on any atom is 0.265 e. The molecule has 1 aromatic heterocycles. The van der Waals surface area contributed by atoms with Crippen molar-refractivity contribution in [3.63, 3.8) is 0 Å². The van der Waals surface area contributed by atoms with Crippen LogP contribution in [0.2, 0.25) is 0 Å². The van der Waals surface area contributed by atoms with Crippen molar-refractivity contribution in [3.05, 3.63) is 29.1 Å². The second-order valence-corrected chi connectivity index (χ2v) is 7.58. The van der Waals surface area contributed by atoms with Crippen molar-refractivity contribution in [2.75, 3.05) is 20.1 Å². The molecular weight excluding hydrogens is 363 g/mol. The number of halogens is 3. The summed E-state index contributed by atoms with van der Waals surface area (Å²) in [7, 11) is 1.57. The highest BCUT2D eigenvalue weighted by Gasteiger charge is 2.45. The maximum atomic E-state index is 14.4. The third-order valence-electron chi connectivity index (χ3n) is 4.42. The van der Waals surface area contributed by atoms with E-state index in [4.69, 9.17) is 5.73 Å². The average Bonchev–Trinajstić information content (AvgIpc) is 3.06. The first kappa shape index (κ1) is 18.8. The summed E-state index contributed by atoms with van der Waals surface area (Å²) in [5, 5.41) is 1.14. The molecule has 26 heavy (non-hydrogen) atoms. The van der Waals surface area contributed by atoms with Gasteiger partial charge in [0.1, 0.15) is 18.0 Å². The fraction of sp³-hybridized carbons (Fsp3) is 0.412. The second kappa shape index (κ2) is 6.96. The zero-order valence-corrected chi connectivity index (χ0v) is 15.5. The van der Waals surface area contributed by atoms with Crippen LogP contribution in [-0.4, -0.2) is 47.5 Å². The molecule has 3 rings (SSSR count). The molecule has 1 fully saturated rings. The van der Waals surface area contributed by atoms with Crippen molar-refractivity contribution in [2.45, 2.75) is 24.8 Å². The number of hydrogen-bond donors (Lipinski definition) is 2. The van der Waals surface area contributed by atoms with Gasteiger partial charge in [0.25, 0.3) is 5.92 Å². The first-order valence-corrected chi connectivity index (χ1v) is 8.87. The maximum absolute atomic E-state index is 14.4. The topological polar surface area (TPSA) is 69.8 Å². The number of H-pyrrole nitrogens is 1. The fourth-order valence-electron chi connectivity index (χ4n) is 3.04. The standard InChI is InChI=1S/C17H20F3N5S/c1-9-4-12(18)15-11(14(9)16(21)23-8-22-3)5-13(24-15)26-25-6-10(2)17(19,20)7-25/h4-5,8,10,24H,6-7H2,1-3H3,(H2,21,22,23). The Hall–Kier alpha value is -2.00. The number of fused-ring (bicyclic) bond motifs is 1. The van der Waals surface area contributed by atoms with Gasteiger partial charge in [0.2, 0.25) is 0 Å². The van der Waals surface area contributed by atoms with Gasteiger partial charge in [0.05, 0.1) is 17.1 Å². The van der Waals surface area contributed by atoms with E-state index in [9.17, 15) is 13.2 Å². The Morgan fingerprint density at radius 1 is 1.46 bits per heavy atom. The van der Waals surface area contributed by atoms with E-state index in [1.165, 1.54) is 19.3 Å². The molecule has 1 unspecified atom stereocenters. The first-order chi connectivity index (χ1) is 12.2. The molecule has 1 aliphatic rings. The molecule has 0 aliphatic carbocycles. The van der Waals surface area contributed by atoms with Gasteiger partial charge in [-0.05, 0) is 36.6 Å². The number of hydrogen-bond acceptors (Lipinski definition) is 3. The Bertz CT molecular complexity index is 890. The van der Waals surface area contributed by atoms with Gasteiger partial charge in [0, 0.05) is 30.5 Å². The van der Waals surface area contributed by atoms with E-state index in [0.29, 0.717) is 21.5 Å². The summed E-state index contributed by atoms with van der Waals surface area (Å²) >= 11 is 1.16. The van der Waals surface area contributed by atoms with E-state index in [2.05, 4.69) is 15.0 Å². The van der Waals surface area contributed by atoms with Gasteiger partial charge >= 0.3 is 0 Å². The number of alkyl halides is 2. The summed E-state index contributed by atoms with van der Waals surface area (Å²) in [6, 6.07) is 3.10. The quantitative estimate of drug-likeness (QED) is 0.482. The number of nitrogens with zero attached hydrogens (tertiary/aromatic N) is 3. The van der Waals surface area contributed by atoms with Crippen molar-refractivity contribution < 1.29 is 13.2 Å². The molecule has 5 nitrogen and oxygen atoms in total. The molecule has 1 aromatic carbocycles. The number of rotatable bonds is 4. The molecule has 1 aliphatic heterocycles. The van der Waals surface area contributed by atoms with Crippen molar-refractivity contribution >= 4 is 35.0 Å². The van der Waals surface area contributed by atoms with E-state index in [0.717, 1.165) is 11.9 Å². The Labute approximate surface area is 153 Å². The van der Waals surface area contributed by atoms with Crippen LogP contribution in [0, 0.1) is 18.7 Å². The van der Waals surface area contributed by atoms with Gasteiger partial charge in [-0.15, -0.1) is 0 Å². The second-order valence-electron chi connectivity index (χ2n) is 6.44. The normalized spacial score (nSPS) is 21.3. The van der Waals surface area contributed by atoms with Gasteiger partial charge in [-0.25, -0.2) is 22.5 Å². The fourth-order valence-corrected chi connectivity index (χ4v) is 4.17. The summed E-state index contributed by atoms with van der Waals surface area (Å²) < 4.78 is 43.4. The molecule has 1 atom stereocenters. The minimum absolute atomic E-state index is 0.218. The molecule has 0 spiro atoms. The minimum atomic E-state index is -2.72. The number of aromatic nitrogens is 1.